The average Bonchev–Trinajstić information content (AvgIpc) is 3.13. The summed E-state index contributed by atoms with van der Waals surface area (Å²) < 4.78 is 2.37. The Labute approximate surface area is 170 Å². The molecule has 0 aliphatic carbocycles. The summed E-state index contributed by atoms with van der Waals surface area (Å²) in [7, 11) is 2.20. The number of aryl methyl sites for hydroxylation is 1. The van der Waals surface area contributed by atoms with E-state index in [9.17, 15) is 0 Å². The molecule has 1 aromatic heterocycles. The van der Waals surface area contributed by atoms with Crippen molar-refractivity contribution in [2.45, 2.75) is 71.5 Å². The number of hydrogen-bond acceptors (Lipinski definition) is 1. The van der Waals surface area contributed by atoms with Crippen molar-refractivity contribution in [2.24, 2.45) is 7.05 Å². The zero-order valence-electron chi connectivity index (χ0n) is 18.5. The van der Waals surface area contributed by atoms with Crippen molar-refractivity contribution in [1.29, 1.82) is 0 Å². The van der Waals surface area contributed by atoms with Gasteiger partial charge in [0.15, 0.2) is 0 Å². The zero-order valence-corrected chi connectivity index (χ0v) is 18.5. The van der Waals surface area contributed by atoms with Gasteiger partial charge in [-0.2, -0.15) is 0 Å². The number of nitrogens with zero attached hydrogens (tertiary/aromatic N) is 2. The highest BCUT2D eigenvalue weighted by Crippen LogP contribution is 2.39. The zero-order chi connectivity index (χ0) is 20.3. The number of benzene rings is 2. The van der Waals surface area contributed by atoms with Crippen LogP contribution in [0.3, 0.4) is 0 Å². The van der Waals surface area contributed by atoms with Crippen LogP contribution in [0, 0.1) is 0 Å². The summed E-state index contributed by atoms with van der Waals surface area (Å²) >= 11 is 0. The molecule has 0 N–H and O–H groups in total. The molecule has 2 aromatic carbocycles. The standard InChI is InChI=1S/C26H34N2/c1-18-22-13-12-19(14-21(22)17-28(18)25(2,3)4)16-26(5,6)24-15-20-10-8-9-11-23(20)27(24)7/h8-15,18H,16-17H2,1-7H3/t18-/m1/s1. The van der Waals surface area contributed by atoms with Crippen molar-refractivity contribution in [3.63, 3.8) is 0 Å². The maximum atomic E-state index is 2.61. The summed E-state index contributed by atoms with van der Waals surface area (Å²) in [6.07, 6.45) is 1.05. The lowest BCUT2D eigenvalue weighted by Crippen LogP contribution is -2.38. The topological polar surface area (TPSA) is 8.17 Å². The summed E-state index contributed by atoms with van der Waals surface area (Å²) in [6, 6.07) is 18.7. The van der Waals surface area contributed by atoms with Gasteiger partial charge in [-0.3, -0.25) is 4.90 Å². The van der Waals surface area contributed by atoms with Gasteiger partial charge in [0.2, 0.25) is 0 Å². The lowest BCUT2D eigenvalue weighted by Gasteiger charge is -2.35. The summed E-state index contributed by atoms with van der Waals surface area (Å²) in [5.41, 5.74) is 7.44. The van der Waals surface area contributed by atoms with Crippen LogP contribution in [0.4, 0.5) is 0 Å². The molecular formula is C26H34N2. The maximum Gasteiger partial charge on any atom is 0.0480 e. The van der Waals surface area contributed by atoms with E-state index in [4.69, 9.17) is 0 Å². The van der Waals surface area contributed by atoms with Crippen molar-refractivity contribution in [2.75, 3.05) is 0 Å². The number of aromatic nitrogens is 1. The lowest BCUT2D eigenvalue weighted by atomic mass is 9.82. The molecule has 3 aromatic rings. The van der Waals surface area contributed by atoms with Crippen molar-refractivity contribution < 1.29 is 0 Å². The van der Waals surface area contributed by atoms with E-state index in [1.165, 1.54) is 33.3 Å². The Morgan fingerprint density at radius 3 is 2.36 bits per heavy atom. The first-order chi connectivity index (χ1) is 13.1. The van der Waals surface area contributed by atoms with Crippen LogP contribution in [-0.2, 0) is 25.4 Å². The third-order valence-electron chi connectivity index (χ3n) is 6.62. The molecule has 1 aliphatic rings. The molecule has 0 fully saturated rings. The molecule has 0 spiro atoms. The molecule has 0 saturated carbocycles. The van der Waals surface area contributed by atoms with E-state index in [-0.39, 0.29) is 11.0 Å². The molecule has 0 bridgehead atoms. The molecule has 0 unspecified atom stereocenters. The van der Waals surface area contributed by atoms with Crippen molar-refractivity contribution in [3.8, 4) is 0 Å². The first kappa shape index (κ1) is 19.3. The van der Waals surface area contributed by atoms with Crippen LogP contribution in [0.15, 0.2) is 48.5 Å². The lowest BCUT2D eigenvalue weighted by molar-refractivity contribution is 0.100. The van der Waals surface area contributed by atoms with Gasteiger partial charge < -0.3 is 4.57 Å². The first-order valence-electron chi connectivity index (χ1n) is 10.5. The highest BCUT2D eigenvalue weighted by atomic mass is 15.2. The number of rotatable bonds is 3. The Morgan fingerprint density at radius 2 is 1.68 bits per heavy atom. The molecule has 0 radical (unpaired) electrons. The van der Waals surface area contributed by atoms with Gasteiger partial charge in [0.05, 0.1) is 0 Å². The summed E-state index contributed by atoms with van der Waals surface area (Å²) in [5.74, 6) is 0. The Hall–Kier alpha value is -2.06. The van der Waals surface area contributed by atoms with E-state index in [1.54, 1.807) is 0 Å². The van der Waals surface area contributed by atoms with Gasteiger partial charge in [0.25, 0.3) is 0 Å². The Kier molecular flexibility index (Phi) is 4.46. The quantitative estimate of drug-likeness (QED) is 0.517. The van der Waals surface area contributed by atoms with Crippen LogP contribution in [-0.4, -0.2) is 15.0 Å². The molecule has 2 heteroatoms. The van der Waals surface area contributed by atoms with E-state index in [1.807, 2.05) is 0 Å². The normalized spacial score (nSPS) is 18.0. The Morgan fingerprint density at radius 1 is 0.964 bits per heavy atom. The third kappa shape index (κ3) is 3.18. The average molecular weight is 375 g/mol. The molecule has 2 nitrogen and oxygen atoms in total. The van der Waals surface area contributed by atoms with Gasteiger partial charge in [-0.05, 0) is 68.3 Å². The van der Waals surface area contributed by atoms with Crippen molar-refractivity contribution >= 4 is 10.9 Å². The van der Waals surface area contributed by atoms with Crippen LogP contribution in [0.1, 0.15) is 70.0 Å². The molecule has 28 heavy (non-hydrogen) atoms. The molecule has 0 saturated heterocycles. The van der Waals surface area contributed by atoms with Crippen LogP contribution >= 0.6 is 0 Å². The van der Waals surface area contributed by atoms with E-state index in [0.717, 1.165) is 13.0 Å². The minimum Gasteiger partial charge on any atom is -0.347 e. The fourth-order valence-corrected chi connectivity index (χ4v) is 5.16. The molecule has 148 valence electrons. The number of para-hydroxylation sites is 1. The van der Waals surface area contributed by atoms with E-state index >= 15 is 0 Å². The second kappa shape index (κ2) is 6.49. The van der Waals surface area contributed by atoms with Crippen LogP contribution in [0.2, 0.25) is 0 Å². The molecule has 1 aliphatic heterocycles. The van der Waals surface area contributed by atoms with Gasteiger partial charge in [-0.1, -0.05) is 50.2 Å². The van der Waals surface area contributed by atoms with Gasteiger partial charge in [-0.15, -0.1) is 0 Å². The fourth-order valence-electron chi connectivity index (χ4n) is 5.16. The number of hydrogen-bond donors (Lipinski definition) is 0. The first-order valence-corrected chi connectivity index (χ1v) is 10.5. The van der Waals surface area contributed by atoms with E-state index in [0.29, 0.717) is 6.04 Å². The molecular weight excluding hydrogens is 340 g/mol. The Bertz CT molecular complexity index is 1020. The van der Waals surface area contributed by atoms with Gasteiger partial charge >= 0.3 is 0 Å². The largest absolute Gasteiger partial charge is 0.347 e. The van der Waals surface area contributed by atoms with Gasteiger partial charge in [0.1, 0.15) is 0 Å². The SMILES string of the molecule is C[C@@H]1c2ccc(CC(C)(C)c3cc4ccccc4n3C)cc2CN1C(C)(C)C. The van der Waals surface area contributed by atoms with E-state index < -0.39 is 0 Å². The van der Waals surface area contributed by atoms with Crippen LogP contribution in [0.5, 0.6) is 0 Å². The minimum absolute atomic E-state index is 0.0793. The van der Waals surface area contributed by atoms with Crippen molar-refractivity contribution in [3.05, 3.63) is 70.9 Å². The highest BCUT2D eigenvalue weighted by molar-refractivity contribution is 5.81. The summed E-state index contributed by atoms with van der Waals surface area (Å²) in [6.45, 7) is 15.1. The Balaban J connectivity index is 1.64. The second-order valence-corrected chi connectivity index (χ2v) is 10.2. The summed E-state index contributed by atoms with van der Waals surface area (Å²) in [4.78, 5) is 2.61. The third-order valence-corrected chi connectivity index (χ3v) is 6.62. The fraction of sp³-hybridized carbons (Fsp3) is 0.462. The highest BCUT2D eigenvalue weighted by Gasteiger charge is 2.34. The second-order valence-electron chi connectivity index (χ2n) is 10.2. The number of fused-ring (bicyclic) bond motifs is 2. The monoisotopic (exact) mass is 374 g/mol. The van der Waals surface area contributed by atoms with Crippen molar-refractivity contribution in [1.82, 2.24) is 9.47 Å². The van der Waals surface area contributed by atoms with Gasteiger partial charge in [-0.25, -0.2) is 0 Å². The molecule has 4 rings (SSSR count). The smallest absolute Gasteiger partial charge is 0.0480 e. The molecule has 0 amide bonds. The predicted octanol–water partition coefficient (Wildman–Crippen LogP) is 6.37. The molecule has 1 atom stereocenters. The predicted molar refractivity (Wildman–Crippen MR) is 120 cm³/mol. The van der Waals surface area contributed by atoms with Crippen LogP contribution in [0.25, 0.3) is 10.9 Å². The maximum absolute atomic E-state index is 2.61. The van der Waals surface area contributed by atoms with Crippen LogP contribution < -0.4 is 0 Å². The summed E-state index contributed by atoms with van der Waals surface area (Å²) in [5, 5.41) is 1.33. The molecule has 2 heterocycles. The van der Waals surface area contributed by atoms with E-state index in [2.05, 4.69) is 107 Å². The van der Waals surface area contributed by atoms with Gasteiger partial charge in [0, 0.05) is 41.8 Å². The minimum atomic E-state index is 0.0793.